The Labute approximate surface area is 155 Å². The van der Waals surface area contributed by atoms with Gasteiger partial charge in [0.25, 0.3) is 0 Å². The van der Waals surface area contributed by atoms with E-state index in [0.717, 1.165) is 18.3 Å². The maximum atomic E-state index is 11.5. The number of hydrogen-bond acceptors (Lipinski definition) is 4. The van der Waals surface area contributed by atoms with E-state index in [1.807, 2.05) is 39.8 Å². The van der Waals surface area contributed by atoms with Crippen LogP contribution in [0.4, 0.5) is 0 Å². The number of halogens is 1. The number of hydrogen-bond donors (Lipinski definition) is 2. The fraction of sp³-hybridized carbons (Fsp3) is 0.714. The molecular formula is C14H28IN7O. The third-order valence-electron chi connectivity index (χ3n) is 3.08. The summed E-state index contributed by atoms with van der Waals surface area (Å²) in [4.78, 5) is 22.2. The molecule has 132 valence electrons. The molecule has 1 rings (SSSR count). The first-order valence-electron chi connectivity index (χ1n) is 7.55. The Hall–Kier alpha value is -1.39. The summed E-state index contributed by atoms with van der Waals surface area (Å²) >= 11 is 0. The molecule has 0 aliphatic carbocycles. The molecule has 1 aromatic rings. The lowest BCUT2D eigenvalue weighted by Crippen LogP contribution is -2.39. The van der Waals surface area contributed by atoms with E-state index < -0.39 is 0 Å². The van der Waals surface area contributed by atoms with Gasteiger partial charge in [0.15, 0.2) is 5.96 Å². The summed E-state index contributed by atoms with van der Waals surface area (Å²) in [6.07, 6.45) is 1.54. The van der Waals surface area contributed by atoms with Crippen molar-refractivity contribution in [3.8, 4) is 0 Å². The summed E-state index contributed by atoms with van der Waals surface area (Å²) in [5.74, 6) is 1.69. The average Bonchev–Trinajstić information content (AvgIpc) is 2.87. The minimum absolute atomic E-state index is 0. The van der Waals surface area contributed by atoms with Crippen molar-refractivity contribution in [2.24, 2.45) is 18.0 Å². The van der Waals surface area contributed by atoms with E-state index in [0.29, 0.717) is 19.6 Å². The van der Waals surface area contributed by atoms with Crippen LogP contribution >= 0.6 is 24.0 Å². The number of aryl methyl sites for hydroxylation is 1. The molecule has 0 aromatic carbocycles. The quantitative estimate of drug-likeness (QED) is 0.283. The molecule has 1 aromatic heterocycles. The minimum atomic E-state index is -0.00388. The molecule has 2 N–H and O–H groups in total. The summed E-state index contributed by atoms with van der Waals surface area (Å²) in [7, 11) is 3.81. The summed E-state index contributed by atoms with van der Waals surface area (Å²) in [6.45, 7) is 8.22. The third-order valence-corrected chi connectivity index (χ3v) is 3.08. The van der Waals surface area contributed by atoms with Crippen LogP contribution in [-0.4, -0.2) is 58.2 Å². The molecule has 0 saturated carbocycles. The number of nitrogens with one attached hydrogen (secondary N) is 2. The first kappa shape index (κ1) is 21.6. The predicted molar refractivity (Wildman–Crippen MR) is 102 cm³/mol. The zero-order chi connectivity index (χ0) is 16.5. The highest BCUT2D eigenvalue weighted by atomic mass is 127. The third kappa shape index (κ3) is 7.62. The van der Waals surface area contributed by atoms with Gasteiger partial charge in [-0.15, -0.1) is 24.0 Å². The topological polar surface area (TPSA) is 87.4 Å². The second kappa shape index (κ2) is 11.2. The van der Waals surface area contributed by atoms with E-state index in [-0.39, 0.29) is 35.8 Å². The molecular weight excluding hydrogens is 409 g/mol. The van der Waals surface area contributed by atoms with Gasteiger partial charge in [-0.2, -0.15) is 5.10 Å². The van der Waals surface area contributed by atoms with Gasteiger partial charge in [0.2, 0.25) is 5.91 Å². The molecule has 0 bridgehead atoms. The molecule has 9 heteroatoms. The highest BCUT2D eigenvalue weighted by molar-refractivity contribution is 14.0. The smallest absolute Gasteiger partial charge is 0.222 e. The second-order valence-corrected chi connectivity index (χ2v) is 5.34. The Morgan fingerprint density at radius 1 is 1.43 bits per heavy atom. The van der Waals surface area contributed by atoms with Gasteiger partial charge in [0.05, 0.1) is 13.1 Å². The van der Waals surface area contributed by atoms with Crippen molar-refractivity contribution in [3.63, 3.8) is 0 Å². The molecule has 0 atom stereocenters. The highest BCUT2D eigenvalue weighted by Crippen LogP contribution is 1.98. The van der Waals surface area contributed by atoms with Crippen LogP contribution in [0.25, 0.3) is 0 Å². The number of nitrogens with zero attached hydrogens (tertiary/aromatic N) is 5. The van der Waals surface area contributed by atoms with Crippen LogP contribution in [0, 0.1) is 5.92 Å². The van der Waals surface area contributed by atoms with Crippen molar-refractivity contribution >= 4 is 35.8 Å². The van der Waals surface area contributed by atoms with Crippen LogP contribution in [-0.2, 0) is 18.4 Å². The number of aromatic nitrogens is 3. The largest absolute Gasteiger partial charge is 0.357 e. The predicted octanol–water partition coefficient (Wildman–Crippen LogP) is 0.603. The van der Waals surface area contributed by atoms with Gasteiger partial charge in [-0.05, 0) is 6.92 Å². The summed E-state index contributed by atoms with van der Waals surface area (Å²) in [5.41, 5.74) is 0. The van der Waals surface area contributed by atoms with Crippen LogP contribution in [0.5, 0.6) is 0 Å². The fourth-order valence-corrected chi connectivity index (χ4v) is 1.77. The monoisotopic (exact) mass is 437 g/mol. The maximum Gasteiger partial charge on any atom is 0.222 e. The lowest BCUT2D eigenvalue weighted by molar-refractivity contribution is -0.123. The number of amides is 1. The number of guanidine groups is 1. The van der Waals surface area contributed by atoms with Crippen molar-refractivity contribution in [2.75, 3.05) is 26.7 Å². The highest BCUT2D eigenvalue weighted by Gasteiger charge is 2.10. The number of rotatable bonds is 7. The van der Waals surface area contributed by atoms with Crippen LogP contribution in [0.1, 0.15) is 26.6 Å². The van der Waals surface area contributed by atoms with E-state index in [1.54, 1.807) is 4.68 Å². The van der Waals surface area contributed by atoms with Gasteiger partial charge in [-0.1, -0.05) is 13.8 Å². The molecule has 8 nitrogen and oxygen atoms in total. The Bertz CT molecular complexity index is 501. The van der Waals surface area contributed by atoms with Crippen LogP contribution in [0.15, 0.2) is 11.3 Å². The standard InChI is InChI=1S/C14H27N7O.HI/c1-6-15-14(17-8-7-16-13(22)11(2)3)20(4)9-12-18-10-19-21(12)5;/h10-11H,6-9H2,1-5H3,(H,15,17)(H,16,22);1H. The van der Waals surface area contributed by atoms with Gasteiger partial charge in [-0.3, -0.25) is 14.5 Å². The first-order chi connectivity index (χ1) is 10.5. The number of carbonyl (C=O) groups excluding carboxylic acids is 1. The van der Waals surface area contributed by atoms with Crippen LogP contribution in [0.2, 0.25) is 0 Å². The molecule has 0 aliphatic rings. The lowest BCUT2D eigenvalue weighted by Gasteiger charge is -2.21. The van der Waals surface area contributed by atoms with Crippen molar-refractivity contribution in [3.05, 3.63) is 12.2 Å². The van der Waals surface area contributed by atoms with Crippen molar-refractivity contribution < 1.29 is 4.79 Å². The Kier molecular flexibility index (Phi) is 10.5. The molecule has 0 spiro atoms. The summed E-state index contributed by atoms with van der Waals surface area (Å²) in [6, 6.07) is 0. The molecule has 0 fully saturated rings. The zero-order valence-electron chi connectivity index (χ0n) is 14.5. The van der Waals surface area contributed by atoms with E-state index in [9.17, 15) is 4.79 Å². The molecule has 0 aliphatic heterocycles. The number of carbonyl (C=O) groups is 1. The molecule has 0 saturated heterocycles. The van der Waals surface area contributed by atoms with Crippen molar-refractivity contribution in [1.82, 2.24) is 30.3 Å². The van der Waals surface area contributed by atoms with Gasteiger partial charge < -0.3 is 15.5 Å². The lowest BCUT2D eigenvalue weighted by atomic mass is 10.2. The summed E-state index contributed by atoms with van der Waals surface area (Å²) < 4.78 is 1.74. The van der Waals surface area contributed by atoms with Crippen LogP contribution in [0.3, 0.4) is 0 Å². The zero-order valence-corrected chi connectivity index (χ0v) is 16.9. The summed E-state index contributed by atoms with van der Waals surface area (Å²) in [5, 5.41) is 10.1. The van der Waals surface area contributed by atoms with Crippen LogP contribution < -0.4 is 10.6 Å². The van der Waals surface area contributed by atoms with Gasteiger partial charge >= 0.3 is 0 Å². The van der Waals surface area contributed by atoms with Gasteiger partial charge in [0.1, 0.15) is 12.2 Å². The maximum absolute atomic E-state index is 11.5. The van der Waals surface area contributed by atoms with E-state index in [4.69, 9.17) is 0 Å². The first-order valence-corrected chi connectivity index (χ1v) is 7.55. The Morgan fingerprint density at radius 3 is 2.65 bits per heavy atom. The van der Waals surface area contributed by atoms with Crippen molar-refractivity contribution in [1.29, 1.82) is 0 Å². The SMILES string of the molecule is CCNC(=NCCNC(=O)C(C)C)N(C)Cc1ncnn1C.I. The Morgan fingerprint density at radius 2 is 2.13 bits per heavy atom. The van der Waals surface area contributed by atoms with Crippen molar-refractivity contribution in [2.45, 2.75) is 27.3 Å². The molecule has 1 heterocycles. The van der Waals surface area contributed by atoms with E-state index >= 15 is 0 Å². The van der Waals surface area contributed by atoms with Gasteiger partial charge in [0, 0.05) is 33.1 Å². The van der Waals surface area contributed by atoms with E-state index in [2.05, 4.69) is 25.7 Å². The normalized spacial score (nSPS) is 11.1. The molecule has 1 amide bonds. The molecule has 0 unspecified atom stereocenters. The van der Waals surface area contributed by atoms with Gasteiger partial charge in [-0.25, -0.2) is 4.98 Å². The average molecular weight is 437 g/mol. The fourth-order valence-electron chi connectivity index (χ4n) is 1.77. The Balaban J connectivity index is 0.00000484. The number of aliphatic imine (C=N–C) groups is 1. The van der Waals surface area contributed by atoms with E-state index in [1.165, 1.54) is 6.33 Å². The second-order valence-electron chi connectivity index (χ2n) is 5.34. The molecule has 0 radical (unpaired) electrons. The molecule has 23 heavy (non-hydrogen) atoms. The minimum Gasteiger partial charge on any atom is -0.357 e.